The van der Waals surface area contributed by atoms with E-state index in [0.717, 1.165) is 36.8 Å². The van der Waals surface area contributed by atoms with E-state index < -0.39 is 34.9 Å². The molecule has 0 rings (SSSR count). The molecule has 0 aromatic carbocycles. The lowest BCUT2D eigenvalue weighted by molar-refractivity contribution is -0.150. The molecule has 9 heteroatoms. The molecule has 300 valence electrons. The first-order valence-corrected chi connectivity index (χ1v) is 25.5. The first-order chi connectivity index (χ1) is 24.0. The quantitative estimate of drug-likeness (QED) is 0.0310. The molecule has 0 aromatic heterocycles. The smallest absolute Gasteiger partial charge is 0.404 e. The lowest BCUT2D eigenvalue weighted by Crippen LogP contribution is -2.47. The second kappa shape index (κ2) is 24.3. The summed E-state index contributed by atoms with van der Waals surface area (Å²) in [6.45, 7) is 36.8. The molecule has 0 spiro atoms. The summed E-state index contributed by atoms with van der Waals surface area (Å²) >= 11 is 0. The number of hydrogen-bond acceptors (Lipinski definition) is 6. The predicted molar refractivity (Wildman–Crippen MR) is 227 cm³/mol. The number of rotatable bonds is 26. The van der Waals surface area contributed by atoms with Crippen molar-refractivity contribution in [1.29, 1.82) is 0 Å². The van der Waals surface area contributed by atoms with Crippen molar-refractivity contribution in [3.05, 3.63) is 60.8 Å². The highest BCUT2D eigenvalue weighted by Crippen LogP contribution is 2.38. The van der Waals surface area contributed by atoms with Gasteiger partial charge in [-0.1, -0.05) is 122 Å². The molecule has 0 saturated carbocycles. The largest absolute Gasteiger partial charge is 0.461 e. The lowest BCUT2D eigenvalue weighted by Gasteiger charge is -2.40. The van der Waals surface area contributed by atoms with Gasteiger partial charge in [-0.25, -0.2) is 4.79 Å². The van der Waals surface area contributed by atoms with Crippen molar-refractivity contribution in [3.8, 4) is 0 Å². The van der Waals surface area contributed by atoms with Crippen LogP contribution in [-0.4, -0.2) is 53.6 Å². The maximum atomic E-state index is 13.1. The predicted octanol–water partition coefficient (Wildman–Crippen LogP) is 12.5. The van der Waals surface area contributed by atoms with E-state index in [1.54, 1.807) is 6.08 Å². The Bertz CT molecular complexity index is 1170. The number of carbonyl (C=O) groups excluding carboxylic acids is 2. The van der Waals surface area contributed by atoms with Crippen molar-refractivity contribution >= 4 is 28.7 Å². The molecule has 0 saturated heterocycles. The van der Waals surface area contributed by atoms with Gasteiger partial charge in [-0.2, -0.15) is 0 Å². The van der Waals surface area contributed by atoms with Gasteiger partial charge in [-0.05, 0) is 82.2 Å². The lowest BCUT2D eigenvalue weighted by atomic mass is 9.95. The molecule has 7 nitrogen and oxygen atoms in total. The second-order valence-electron chi connectivity index (χ2n) is 17.7. The average Bonchev–Trinajstić information content (AvgIpc) is 3.01. The van der Waals surface area contributed by atoms with Crippen LogP contribution in [0.15, 0.2) is 60.8 Å². The minimum absolute atomic E-state index is 0.00447. The molecule has 0 bridgehead atoms. The van der Waals surface area contributed by atoms with E-state index in [-0.39, 0.29) is 28.1 Å². The average molecular weight is 762 g/mol. The van der Waals surface area contributed by atoms with Gasteiger partial charge in [0.05, 0.1) is 6.61 Å². The van der Waals surface area contributed by atoms with Gasteiger partial charge >= 0.3 is 12.1 Å². The van der Waals surface area contributed by atoms with E-state index in [0.29, 0.717) is 32.3 Å². The molecule has 1 amide bonds. The summed E-state index contributed by atoms with van der Waals surface area (Å²) in [6.07, 6.45) is 19.9. The van der Waals surface area contributed by atoms with E-state index in [1.807, 2.05) is 12.2 Å². The van der Waals surface area contributed by atoms with Crippen molar-refractivity contribution in [3.63, 3.8) is 0 Å². The highest BCUT2D eigenvalue weighted by molar-refractivity contribution is 6.74. The van der Waals surface area contributed by atoms with Crippen molar-refractivity contribution in [1.82, 2.24) is 0 Å². The summed E-state index contributed by atoms with van der Waals surface area (Å²) in [5.74, 6) is -0.111. The van der Waals surface area contributed by atoms with Gasteiger partial charge in [-0.15, -0.1) is 13.2 Å². The summed E-state index contributed by atoms with van der Waals surface area (Å²) in [5.41, 5.74) is 7.70. The molecular weight excluding hydrogens is 683 g/mol. The zero-order chi connectivity index (χ0) is 40.2. The Labute approximate surface area is 322 Å². The highest BCUT2D eigenvalue weighted by Gasteiger charge is 2.41. The van der Waals surface area contributed by atoms with Crippen LogP contribution in [0.4, 0.5) is 4.79 Å². The van der Waals surface area contributed by atoms with E-state index in [2.05, 4.69) is 120 Å². The van der Waals surface area contributed by atoms with Crippen molar-refractivity contribution in [2.24, 2.45) is 11.7 Å². The van der Waals surface area contributed by atoms with Crippen molar-refractivity contribution in [2.45, 2.75) is 188 Å². The van der Waals surface area contributed by atoms with Gasteiger partial charge in [0.1, 0.15) is 18.3 Å². The molecule has 0 radical (unpaired) electrons. The van der Waals surface area contributed by atoms with Crippen LogP contribution in [0.3, 0.4) is 0 Å². The number of carbonyl (C=O) groups is 2. The topological polar surface area (TPSA) is 97.1 Å². The Morgan fingerprint density at radius 2 is 1.37 bits per heavy atom. The molecule has 0 aliphatic carbocycles. The number of ether oxygens (including phenoxy) is 2. The van der Waals surface area contributed by atoms with Crippen LogP contribution in [0.5, 0.6) is 0 Å². The summed E-state index contributed by atoms with van der Waals surface area (Å²) in [7, 11) is -4.02. The Hall–Kier alpha value is -2.21. The Morgan fingerprint density at radius 1 is 0.788 bits per heavy atom. The van der Waals surface area contributed by atoms with E-state index in [1.165, 1.54) is 19.3 Å². The summed E-state index contributed by atoms with van der Waals surface area (Å²) in [6, 6.07) is 0. The van der Waals surface area contributed by atoms with Crippen LogP contribution in [-0.2, 0) is 23.1 Å². The van der Waals surface area contributed by atoms with Gasteiger partial charge in [0, 0.05) is 18.8 Å². The maximum absolute atomic E-state index is 13.1. The van der Waals surface area contributed by atoms with Gasteiger partial charge in [0.25, 0.3) is 0 Å². The third-order valence-electron chi connectivity index (χ3n) is 10.7. The zero-order valence-electron chi connectivity index (χ0n) is 35.7. The first kappa shape index (κ1) is 49.8. The fourth-order valence-corrected chi connectivity index (χ4v) is 7.45. The van der Waals surface area contributed by atoms with E-state index in [4.69, 9.17) is 24.1 Å². The van der Waals surface area contributed by atoms with Gasteiger partial charge in [-0.3, -0.25) is 4.79 Å². The van der Waals surface area contributed by atoms with Crippen LogP contribution in [0.1, 0.15) is 133 Å². The molecule has 0 heterocycles. The van der Waals surface area contributed by atoms with Crippen LogP contribution >= 0.6 is 0 Å². The zero-order valence-corrected chi connectivity index (χ0v) is 37.7. The minimum atomic E-state index is -2.14. The number of unbranched alkanes of at least 4 members (excludes halogenated alkanes) is 6. The van der Waals surface area contributed by atoms with Gasteiger partial charge < -0.3 is 24.1 Å². The molecular formula is C43H79NO6Si2. The third-order valence-corrected chi connectivity index (χ3v) is 19.6. The molecule has 4 atom stereocenters. The number of hydrogen-bond donors (Lipinski definition) is 1. The van der Waals surface area contributed by atoms with Gasteiger partial charge in [0.2, 0.25) is 0 Å². The first-order valence-electron chi connectivity index (χ1n) is 19.7. The monoisotopic (exact) mass is 762 g/mol. The molecule has 0 fully saturated rings. The van der Waals surface area contributed by atoms with Crippen LogP contribution < -0.4 is 5.73 Å². The van der Waals surface area contributed by atoms with E-state index in [9.17, 15) is 9.59 Å². The highest BCUT2D eigenvalue weighted by atomic mass is 28.4. The number of amides is 1. The summed E-state index contributed by atoms with van der Waals surface area (Å²) in [5, 5.41) is 0.134. The second-order valence-corrected chi connectivity index (χ2v) is 27.2. The van der Waals surface area contributed by atoms with E-state index >= 15 is 0 Å². The Kier molecular flexibility index (Phi) is 23.2. The molecule has 0 aliphatic rings. The van der Waals surface area contributed by atoms with Crippen molar-refractivity contribution < 1.29 is 27.9 Å². The fourth-order valence-electron chi connectivity index (χ4n) is 5.15. The molecule has 0 aliphatic heterocycles. The van der Waals surface area contributed by atoms with Crippen LogP contribution in [0.25, 0.3) is 0 Å². The Balaban J connectivity index is 5.67. The summed E-state index contributed by atoms with van der Waals surface area (Å²) < 4.78 is 24.7. The molecule has 52 heavy (non-hydrogen) atoms. The van der Waals surface area contributed by atoms with Gasteiger partial charge in [0.15, 0.2) is 16.6 Å². The molecule has 0 aromatic rings. The SMILES string of the molecule is C=CCCCCCCCCC(=O)O[C@H](C/C(C)=C/C=C/CC[C@H](OC(N)=O)[C@H](C=C)O[Si](C)(C)C(C)(C)C)[C@H](C)/C=C(\C)CO[Si](C)(C)C(C)(C)C. The van der Waals surface area contributed by atoms with Crippen LogP contribution in [0.2, 0.25) is 36.3 Å². The number of esters is 1. The molecule has 2 N–H and O–H groups in total. The fraction of sp³-hybridized carbons (Fsp3) is 0.721. The molecule has 0 unspecified atom stereocenters. The minimum Gasteiger partial charge on any atom is -0.461 e. The Morgan fingerprint density at radius 3 is 1.90 bits per heavy atom. The maximum Gasteiger partial charge on any atom is 0.404 e. The summed E-state index contributed by atoms with van der Waals surface area (Å²) in [4.78, 5) is 24.8. The van der Waals surface area contributed by atoms with Crippen LogP contribution in [0, 0.1) is 5.92 Å². The van der Waals surface area contributed by atoms with Crippen molar-refractivity contribution in [2.75, 3.05) is 6.61 Å². The standard InChI is InChI=1S/C43H79NO6Si2/c1-16-18-19-20-21-22-23-27-30-40(45)48-39(36(5)31-35(4)33-47-51(12,13)42(6,7)8)32-34(3)28-25-24-26-29-38(49-41(44)46)37(17-2)50-52(14,15)43(9,10)11/h16-17,24-25,28,31,36-39H,1-2,18-23,26-27,29-30,32-33H2,3-15H3,(H2,44,46)/b25-24+,34-28+,35-31+/t36-,37+,38+,39-/m1/s1. The normalized spacial score (nSPS) is 15.9. The number of allylic oxidation sites excluding steroid dienone is 4. The number of primary amides is 1. The number of nitrogens with two attached hydrogens (primary N) is 1. The third kappa shape index (κ3) is 20.9.